The second-order valence-corrected chi connectivity index (χ2v) is 4.61. The molecule has 7 heteroatoms. The number of nitrogens with two attached hydrogens (primary N) is 1. The molecule has 1 heterocycles. The van der Waals surface area contributed by atoms with E-state index in [4.69, 9.17) is 5.73 Å². The van der Waals surface area contributed by atoms with E-state index >= 15 is 0 Å². The Balaban J connectivity index is 2.16. The lowest BCUT2D eigenvalue weighted by Gasteiger charge is -2.23. The zero-order chi connectivity index (χ0) is 14.8. The highest BCUT2D eigenvalue weighted by Gasteiger charge is 2.32. The van der Waals surface area contributed by atoms with Crippen LogP contribution >= 0.6 is 0 Å². The van der Waals surface area contributed by atoms with Crippen LogP contribution in [0, 0.1) is 0 Å². The lowest BCUT2D eigenvalue weighted by atomic mass is 10.1. The van der Waals surface area contributed by atoms with Crippen molar-refractivity contribution in [3.8, 4) is 5.75 Å². The molecule has 0 aliphatic carbocycles. The van der Waals surface area contributed by atoms with E-state index in [9.17, 15) is 18.0 Å². The van der Waals surface area contributed by atoms with Gasteiger partial charge in [0, 0.05) is 24.7 Å². The molecule has 1 fully saturated rings. The van der Waals surface area contributed by atoms with E-state index in [1.54, 1.807) is 4.90 Å². The summed E-state index contributed by atoms with van der Waals surface area (Å²) in [5.74, 6) is -0.711. The Hall–Kier alpha value is -1.76. The summed E-state index contributed by atoms with van der Waals surface area (Å²) in [6, 6.07) is 5.05. The quantitative estimate of drug-likeness (QED) is 0.927. The molecule has 1 atom stereocenters. The van der Waals surface area contributed by atoms with Gasteiger partial charge in [-0.05, 0) is 31.0 Å². The number of hydrogen-bond acceptors (Lipinski definition) is 3. The zero-order valence-electron chi connectivity index (χ0n) is 10.7. The first kappa shape index (κ1) is 14.6. The Morgan fingerprint density at radius 2 is 2.20 bits per heavy atom. The van der Waals surface area contributed by atoms with Crippen LogP contribution in [0.5, 0.6) is 5.75 Å². The van der Waals surface area contributed by atoms with Crippen LogP contribution in [0.4, 0.5) is 13.2 Å². The van der Waals surface area contributed by atoms with Gasteiger partial charge in [0.2, 0.25) is 0 Å². The molecule has 0 aromatic heterocycles. The molecule has 20 heavy (non-hydrogen) atoms. The maximum absolute atomic E-state index is 12.3. The van der Waals surface area contributed by atoms with Gasteiger partial charge in [-0.2, -0.15) is 0 Å². The molecule has 2 rings (SSSR count). The number of rotatable bonds is 3. The second-order valence-electron chi connectivity index (χ2n) is 4.61. The van der Waals surface area contributed by atoms with E-state index in [1.807, 2.05) is 0 Å². The van der Waals surface area contributed by atoms with Gasteiger partial charge in [0.15, 0.2) is 0 Å². The third-order valence-electron chi connectivity index (χ3n) is 3.22. The molecular formula is C13H15F3N2O2. The Bertz CT molecular complexity index is 491. The van der Waals surface area contributed by atoms with Crippen molar-refractivity contribution in [3.05, 3.63) is 29.8 Å². The summed E-state index contributed by atoms with van der Waals surface area (Å²) in [7, 11) is 0. The molecule has 2 N–H and O–H groups in total. The van der Waals surface area contributed by atoms with Gasteiger partial charge in [-0.25, -0.2) is 0 Å². The van der Waals surface area contributed by atoms with E-state index in [0.717, 1.165) is 25.0 Å². The molecule has 1 aliphatic rings. The van der Waals surface area contributed by atoms with Crippen LogP contribution in [-0.2, 0) is 0 Å². The lowest BCUT2D eigenvalue weighted by molar-refractivity contribution is -0.274. The summed E-state index contributed by atoms with van der Waals surface area (Å²) in [5, 5.41) is 0. The first-order chi connectivity index (χ1) is 9.40. The lowest BCUT2D eigenvalue weighted by Crippen LogP contribution is -2.39. The van der Waals surface area contributed by atoms with Gasteiger partial charge in [-0.3, -0.25) is 4.79 Å². The van der Waals surface area contributed by atoms with Crippen molar-refractivity contribution in [3.63, 3.8) is 0 Å². The Morgan fingerprint density at radius 3 is 2.85 bits per heavy atom. The van der Waals surface area contributed by atoms with Crippen molar-refractivity contribution in [2.24, 2.45) is 5.73 Å². The number of alkyl halides is 3. The minimum absolute atomic E-state index is 0.0466. The predicted octanol–water partition coefficient (Wildman–Crippen LogP) is 2.15. The van der Waals surface area contributed by atoms with Crippen LogP contribution in [0.15, 0.2) is 24.3 Å². The minimum Gasteiger partial charge on any atom is -0.406 e. The first-order valence-corrected chi connectivity index (χ1v) is 6.27. The predicted molar refractivity (Wildman–Crippen MR) is 66.2 cm³/mol. The number of nitrogens with zero attached hydrogens (tertiary/aromatic N) is 1. The van der Waals surface area contributed by atoms with Gasteiger partial charge in [0.05, 0.1) is 0 Å². The zero-order valence-corrected chi connectivity index (χ0v) is 10.7. The van der Waals surface area contributed by atoms with E-state index in [0.29, 0.717) is 13.1 Å². The van der Waals surface area contributed by atoms with E-state index in [2.05, 4.69) is 4.74 Å². The van der Waals surface area contributed by atoms with E-state index < -0.39 is 12.1 Å². The minimum atomic E-state index is -4.77. The van der Waals surface area contributed by atoms with Crippen molar-refractivity contribution in [2.75, 3.05) is 13.1 Å². The van der Waals surface area contributed by atoms with Crippen molar-refractivity contribution < 1.29 is 22.7 Å². The average molecular weight is 288 g/mol. The number of amides is 1. The van der Waals surface area contributed by atoms with Crippen LogP contribution < -0.4 is 10.5 Å². The normalized spacial score (nSPS) is 19.2. The van der Waals surface area contributed by atoms with Crippen molar-refractivity contribution in [1.82, 2.24) is 4.90 Å². The summed E-state index contributed by atoms with van der Waals surface area (Å²) >= 11 is 0. The molecule has 4 nitrogen and oxygen atoms in total. The molecular weight excluding hydrogens is 273 g/mol. The maximum Gasteiger partial charge on any atom is 0.573 e. The topological polar surface area (TPSA) is 55.6 Å². The molecule has 110 valence electrons. The number of halogens is 3. The van der Waals surface area contributed by atoms with Crippen molar-refractivity contribution in [1.29, 1.82) is 0 Å². The summed E-state index contributed by atoms with van der Waals surface area (Å²) < 4.78 is 40.3. The summed E-state index contributed by atoms with van der Waals surface area (Å²) in [6.07, 6.45) is -3.09. The third-order valence-corrected chi connectivity index (χ3v) is 3.22. The number of likely N-dealkylation sites (tertiary alicyclic amines) is 1. The number of hydrogen-bond donors (Lipinski definition) is 1. The molecule has 0 radical (unpaired) electrons. The average Bonchev–Trinajstić information content (AvgIpc) is 2.84. The number of benzene rings is 1. The highest BCUT2D eigenvalue weighted by molar-refractivity contribution is 5.95. The molecule has 0 saturated carbocycles. The summed E-state index contributed by atoms with van der Waals surface area (Å²) in [6.45, 7) is 0.926. The van der Waals surface area contributed by atoms with Gasteiger partial charge in [-0.15, -0.1) is 13.2 Å². The van der Waals surface area contributed by atoms with Gasteiger partial charge in [0.1, 0.15) is 5.75 Å². The largest absolute Gasteiger partial charge is 0.573 e. The van der Waals surface area contributed by atoms with Crippen molar-refractivity contribution in [2.45, 2.75) is 25.2 Å². The third kappa shape index (κ3) is 3.41. The Kier molecular flexibility index (Phi) is 4.17. The second kappa shape index (κ2) is 5.70. The monoisotopic (exact) mass is 288 g/mol. The standard InChI is InChI=1S/C13H15F3N2O2/c14-13(15,16)20-11-5-1-3-9(7-11)12(19)18-6-2-4-10(18)8-17/h1,3,5,7,10H,2,4,6,8,17H2. The molecule has 1 saturated heterocycles. The summed E-state index contributed by atoms with van der Waals surface area (Å²) in [4.78, 5) is 13.9. The van der Waals surface area contributed by atoms with Crippen LogP contribution in [-0.4, -0.2) is 36.3 Å². The van der Waals surface area contributed by atoms with Crippen LogP contribution in [0.1, 0.15) is 23.2 Å². The molecule has 0 spiro atoms. The molecule has 1 amide bonds. The molecule has 1 unspecified atom stereocenters. The Morgan fingerprint density at radius 1 is 1.45 bits per heavy atom. The molecule has 1 aromatic rings. The number of carbonyl (C=O) groups excluding carboxylic acids is 1. The molecule has 0 bridgehead atoms. The summed E-state index contributed by atoms with van der Waals surface area (Å²) in [5.41, 5.74) is 5.76. The SMILES string of the molecule is NCC1CCCN1C(=O)c1cccc(OC(F)(F)F)c1. The van der Waals surface area contributed by atoms with Gasteiger partial charge in [0.25, 0.3) is 5.91 Å². The first-order valence-electron chi connectivity index (χ1n) is 6.27. The van der Waals surface area contributed by atoms with Gasteiger partial charge < -0.3 is 15.4 Å². The molecule has 1 aromatic carbocycles. The van der Waals surface area contributed by atoms with Crippen LogP contribution in [0.3, 0.4) is 0 Å². The van der Waals surface area contributed by atoms with Crippen molar-refractivity contribution >= 4 is 5.91 Å². The van der Waals surface area contributed by atoms with Crippen LogP contribution in [0.25, 0.3) is 0 Å². The highest BCUT2D eigenvalue weighted by atomic mass is 19.4. The molecule has 1 aliphatic heterocycles. The van der Waals surface area contributed by atoms with Gasteiger partial charge >= 0.3 is 6.36 Å². The van der Waals surface area contributed by atoms with Gasteiger partial charge in [-0.1, -0.05) is 6.07 Å². The highest BCUT2D eigenvalue weighted by Crippen LogP contribution is 2.25. The number of carbonyl (C=O) groups is 1. The fourth-order valence-corrected chi connectivity index (χ4v) is 2.34. The smallest absolute Gasteiger partial charge is 0.406 e. The Labute approximate surface area is 114 Å². The van der Waals surface area contributed by atoms with E-state index in [1.165, 1.54) is 12.1 Å². The van der Waals surface area contributed by atoms with Crippen LogP contribution in [0.2, 0.25) is 0 Å². The maximum atomic E-state index is 12.3. The van der Waals surface area contributed by atoms with E-state index in [-0.39, 0.29) is 17.5 Å². The number of ether oxygens (including phenoxy) is 1. The fourth-order valence-electron chi connectivity index (χ4n) is 2.34. The fraction of sp³-hybridized carbons (Fsp3) is 0.462.